The maximum Gasteiger partial charge on any atom is 0.146 e. The molecule has 0 bridgehead atoms. The summed E-state index contributed by atoms with van der Waals surface area (Å²) in [5.41, 5.74) is 1.50. The Balaban J connectivity index is 1.45. The lowest BCUT2D eigenvalue weighted by atomic mass is 10.2. The van der Waals surface area contributed by atoms with E-state index < -0.39 is 0 Å². The predicted octanol–water partition coefficient (Wildman–Crippen LogP) is 3.69. The number of methoxy groups -OCH3 is 1. The van der Waals surface area contributed by atoms with E-state index in [0.717, 1.165) is 43.4 Å². The third kappa shape index (κ3) is 3.83. The molecule has 28 heavy (non-hydrogen) atoms. The van der Waals surface area contributed by atoms with Crippen LogP contribution in [0.3, 0.4) is 0 Å². The molecule has 0 aliphatic carbocycles. The van der Waals surface area contributed by atoms with Gasteiger partial charge in [0, 0.05) is 32.2 Å². The fourth-order valence-corrected chi connectivity index (χ4v) is 3.36. The van der Waals surface area contributed by atoms with Gasteiger partial charge in [-0.25, -0.2) is 14.4 Å². The van der Waals surface area contributed by atoms with Crippen LogP contribution in [0.1, 0.15) is 0 Å². The van der Waals surface area contributed by atoms with Gasteiger partial charge in [-0.15, -0.1) is 0 Å². The molecule has 0 saturated carbocycles. The third-order valence-electron chi connectivity index (χ3n) is 4.82. The summed E-state index contributed by atoms with van der Waals surface area (Å²) < 4.78 is 19.4. The van der Waals surface area contributed by atoms with Crippen molar-refractivity contribution in [3.8, 4) is 5.75 Å². The Hall–Kier alpha value is -3.35. The van der Waals surface area contributed by atoms with Gasteiger partial charge in [0.25, 0.3) is 0 Å². The van der Waals surface area contributed by atoms with E-state index in [-0.39, 0.29) is 5.82 Å². The van der Waals surface area contributed by atoms with Crippen molar-refractivity contribution < 1.29 is 9.13 Å². The largest absolute Gasteiger partial charge is 0.495 e. The Kier molecular flexibility index (Phi) is 5.23. The molecule has 2 aromatic carbocycles. The summed E-state index contributed by atoms with van der Waals surface area (Å²) in [4.78, 5) is 13.0. The lowest BCUT2D eigenvalue weighted by molar-refractivity contribution is 0.417. The van der Waals surface area contributed by atoms with Crippen molar-refractivity contribution in [2.75, 3.05) is 48.4 Å². The molecule has 1 saturated heterocycles. The van der Waals surface area contributed by atoms with Crippen LogP contribution in [0.15, 0.2) is 60.9 Å². The number of hydrogen-bond donors (Lipinski definition) is 1. The molecule has 1 aromatic heterocycles. The quantitative estimate of drug-likeness (QED) is 0.730. The molecule has 2 heterocycles. The molecule has 0 unspecified atom stereocenters. The maximum atomic E-state index is 14.0. The van der Waals surface area contributed by atoms with E-state index in [2.05, 4.69) is 25.1 Å². The lowest BCUT2D eigenvalue weighted by Crippen LogP contribution is -2.47. The van der Waals surface area contributed by atoms with Gasteiger partial charge in [0.15, 0.2) is 0 Å². The lowest BCUT2D eigenvalue weighted by Gasteiger charge is -2.36. The molecule has 1 aliphatic rings. The van der Waals surface area contributed by atoms with E-state index in [1.807, 2.05) is 42.5 Å². The first-order valence-electron chi connectivity index (χ1n) is 9.21. The number of benzene rings is 2. The summed E-state index contributed by atoms with van der Waals surface area (Å²) in [7, 11) is 1.64. The van der Waals surface area contributed by atoms with E-state index in [9.17, 15) is 4.39 Å². The summed E-state index contributed by atoms with van der Waals surface area (Å²) in [6, 6.07) is 16.5. The first kappa shape index (κ1) is 18.0. The molecule has 1 aliphatic heterocycles. The highest BCUT2D eigenvalue weighted by Crippen LogP contribution is 2.27. The molecule has 0 radical (unpaired) electrons. The summed E-state index contributed by atoms with van der Waals surface area (Å²) in [5, 5.41) is 3.28. The van der Waals surface area contributed by atoms with Crippen molar-refractivity contribution >= 4 is 23.0 Å². The first-order valence-corrected chi connectivity index (χ1v) is 9.21. The van der Waals surface area contributed by atoms with Crippen LogP contribution in [-0.2, 0) is 0 Å². The highest BCUT2D eigenvalue weighted by molar-refractivity contribution is 5.65. The van der Waals surface area contributed by atoms with Crippen LogP contribution < -0.4 is 19.9 Å². The SMILES string of the molecule is COc1ccccc1Nc1cc(N2CCN(c3ccccc3F)CC2)ncn1. The zero-order valence-electron chi connectivity index (χ0n) is 15.7. The summed E-state index contributed by atoms with van der Waals surface area (Å²) in [5.74, 6) is 2.12. The number of hydrogen-bond acceptors (Lipinski definition) is 6. The van der Waals surface area contributed by atoms with Crippen molar-refractivity contribution in [3.63, 3.8) is 0 Å². The van der Waals surface area contributed by atoms with Crippen molar-refractivity contribution in [2.45, 2.75) is 0 Å². The monoisotopic (exact) mass is 379 g/mol. The molecule has 1 fully saturated rings. The Bertz CT molecular complexity index is 943. The van der Waals surface area contributed by atoms with E-state index in [1.165, 1.54) is 6.07 Å². The number of rotatable bonds is 5. The van der Waals surface area contributed by atoms with E-state index in [0.29, 0.717) is 11.5 Å². The highest BCUT2D eigenvalue weighted by Gasteiger charge is 2.20. The molecular formula is C21H22FN5O. The zero-order valence-corrected chi connectivity index (χ0v) is 15.7. The van der Waals surface area contributed by atoms with Crippen LogP contribution in [0.4, 0.5) is 27.4 Å². The van der Waals surface area contributed by atoms with Crippen LogP contribution in [0.5, 0.6) is 5.75 Å². The smallest absolute Gasteiger partial charge is 0.146 e. The fraction of sp³-hybridized carbons (Fsp3) is 0.238. The first-order chi connectivity index (χ1) is 13.7. The number of halogens is 1. The Labute approximate surface area is 163 Å². The second kappa shape index (κ2) is 8.12. The average Bonchev–Trinajstić information content (AvgIpc) is 2.75. The molecule has 1 N–H and O–H groups in total. The molecule has 0 spiro atoms. The summed E-state index contributed by atoms with van der Waals surface area (Å²) in [6.07, 6.45) is 1.55. The summed E-state index contributed by atoms with van der Waals surface area (Å²) in [6.45, 7) is 3.00. The topological polar surface area (TPSA) is 53.5 Å². The van der Waals surface area contributed by atoms with Gasteiger partial charge >= 0.3 is 0 Å². The van der Waals surface area contributed by atoms with E-state index >= 15 is 0 Å². The Morgan fingerprint density at radius 2 is 1.64 bits per heavy atom. The second-order valence-corrected chi connectivity index (χ2v) is 6.51. The molecule has 4 rings (SSSR count). The van der Waals surface area contributed by atoms with E-state index in [4.69, 9.17) is 4.74 Å². The molecule has 0 atom stereocenters. The fourth-order valence-electron chi connectivity index (χ4n) is 3.36. The minimum atomic E-state index is -0.179. The van der Waals surface area contributed by atoms with Gasteiger partial charge in [-0.05, 0) is 24.3 Å². The van der Waals surface area contributed by atoms with Gasteiger partial charge in [0.2, 0.25) is 0 Å². The molecule has 144 valence electrons. The van der Waals surface area contributed by atoms with Crippen molar-refractivity contribution in [2.24, 2.45) is 0 Å². The number of nitrogens with zero attached hydrogens (tertiary/aromatic N) is 4. The van der Waals surface area contributed by atoms with Crippen LogP contribution in [0.25, 0.3) is 0 Å². The van der Waals surface area contributed by atoms with Crippen LogP contribution in [-0.4, -0.2) is 43.3 Å². The van der Waals surface area contributed by atoms with Gasteiger partial charge in [0.1, 0.15) is 29.5 Å². The number of para-hydroxylation sites is 3. The third-order valence-corrected chi connectivity index (χ3v) is 4.82. The number of nitrogens with one attached hydrogen (secondary N) is 1. The Morgan fingerprint density at radius 1 is 0.929 bits per heavy atom. The van der Waals surface area contributed by atoms with Crippen molar-refractivity contribution in [1.29, 1.82) is 0 Å². The number of piperazine rings is 1. The van der Waals surface area contributed by atoms with Crippen molar-refractivity contribution in [3.05, 3.63) is 66.7 Å². The molecule has 0 amide bonds. The van der Waals surface area contributed by atoms with Gasteiger partial charge in [-0.1, -0.05) is 24.3 Å². The van der Waals surface area contributed by atoms with Gasteiger partial charge in [0.05, 0.1) is 18.5 Å². The van der Waals surface area contributed by atoms with Gasteiger partial charge in [-0.3, -0.25) is 0 Å². The van der Waals surface area contributed by atoms with Crippen molar-refractivity contribution in [1.82, 2.24) is 9.97 Å². The van der Waals surface area contributed by atoms with Gasteiger partial charge < -0.3 is 19.9 Å². The maximum absolute atomic E-state index is 14.0. The van der Waals surface area contributed by atoms with E-state index in [1.54, 1.807) is 19.5 Å². The minimum absolute atomic E-state index is 0.179. The zero-order chi connectivity index (χ0) is 19.3. The number of aromatic nitrogens is 2. The molecule has 3 aromatic rings. The highest BCUT2D eigenvalue weighted by atomic mass is 19.1. The summed E-state index contributed by atoms with van der Waals surface area (Å²) >= 11 is 0. The molecule has 7 heteroatoms. The average molecular weight is 379 g/mol. The predicted molar refractivity (Wildman–Crippen MR) is 109 cm³/mol. The molecular weight excluding hydrogens is 357 g/mol. The van der Waals surface area contributed by atoms with Crippen LogP contribution in [0, 0.1) is 5.82 Å². The van der Waals surface area contributed by atoms with Crippen LogP contribution in [0.2, 0.25) is 0 Å². The van der Waals surface area contributed by atoms with Crippen LogP contribution >= 0.6 is 0 Å². The number of ether oxygens (including phenoxy) is 1. The normalized spacial score (nSPS) is 14.1. The molecule has 6 nitrogen and oxygen atoms in total. The minimum Gasteiger partial charge on any atom is -0.495 e. The second-order valence-electron chi connectivity index (χ2n) is 6.51. The standard InChI is InChI=1S/C21H22FN5O/c1-28-19-9-5-3-7-17(19)25-20-14-21(24-15-23-20)27-12-10-26(11-13-27)18-8-4-2-6-16(18)22/h2-9,14-15H,10-13H2,1H3,(H,23,24,25). The number of anilines is 4. The Morgan fingerprint density at radius 3 is 2.43 bits per heavy atom. The van der Waals surface area contributed by atoms with Gasteiger partial charge in [-0.2, -0.15) is 0 Å².